The van der Waals surface area contributed by atoms with Crippen LogP contribution in [-0.2, 0) is 26.0 Å². The number of hydrogen-bond acceptors (Lipinski definition) is 4. The third-order valence-corrected chi connectivity index (χ3v) is 5.12. The minimum Gasteiger partial charge on any atom is -0.352 e. The molecular weight excluding hydrogens is 352 g/mol. The zero-order chi connectivity index (χ0) is 19.0. The van der Waals surface area contributed by atoms with E-state index in [0.29, 0.717) is 13.2 Å². The lowest BCUT2D eigenvalue weighted by Gasteiger charge is -2.23. The summed E-state index contributed by atoms with van der Waals surface area (Å²) >= 11 is 0. The van der Waals surface area contributed by atoms with Crippen molar-refractivity contribution in [3.63, 3.8) is 0 Å². The van der Waals surface area contributed by atoms with Gasteiger partial charge in [-0.3, -0.25) is 4.55 Å². The first-order chi connectivity index (χ1) is 12.4. The largest absolute Gasteiger partial charge is 0.352 e. The fourth-order valence-electron chi connectivity index (χ4n) is 2.99. The van der Waals surface area contributed by atoms with Gasteiger partial charge in [0.1, 0.15) is 0 Å². The Morgan fingerprint density at radius 3 is 2.46 bits per heavy atom. The molecule has 0 bridgehead atoms. The number of benzene rings is 2. The second-order valence-corrected chi connectivity index (χ2v) is 8.07. The van der Waals surface area contributed by atoms with E-state index in [2.05, 4.69) is 30.3 Å². The molecule has 0 amide bonds. The molecule has 1 unspecified atom stereocenters. The molecule has 0 fully saturated rings. The maximum Gasteiger partial charge on any atom is 0.265 e. The molecule has 2 aromatic rings. The molecule has 5 nitrogen and oxygen atoms in total. The molecule has 2 aromatic carbocycles. The summed E-state index contributed by atoms with van der Waals surface area (Å²) < 4.78 is 42.7. The van der Waals surface area contributed by atoms with Crippen LogP contribution in [0.4, 0.5) is 0 Å². The number of ether oxygens (including phenoxy) is 2. The van der Waals surface area contributed by atoms with E-state index >= 15 is 0 Å². The number of aryl methyl sites for hydroxylation is 1. The molecule has 0 aliphatic heterocycles. The second-order valence-electron chi connectivity index (χ2n) is 6.58. The molecule has 0 spiro atoms. The van der Waals surface area contributed by atoms with E-state index < -0.39 is 22.3 Å². The van der Waals surface area contributed by atoms with Gasteiger partial charge >= 0.3 is 0 Å². The number of rotatable bonds is 11. The Bertz CT molecular complexity index is 782. The summed E-state index contributed by atoms with van der Waals surface area (Å²) in [6.45, 7) is 4.64. The van der Waals surface area contributed by atoms with Crippen LogP contribution in [0.25, 0.3) is 10.8 Å². The van der Waals surface area contributed by atoms with Gasteiger partial charge in [0.25, 0.3) is 10.1 Å². The number of hydrogen-bond donors (Lipinski definition) is 1. The molecule has 1 N–H and O–H groups in total. The van der Waals surface area contributed by atoms with Crippen molar-refractivity contribution in [3.8, 4) is 0 Å². The van der Waals surface area contributed by atoms with Crippen molar-refractivity contribution in [1.29, 1.82) is 0 Å². The van der Waals surface area contributed by atoms with Crippen molar-refractivity contribution in [2.45, 2.75) is 39.4 Å². The highest BCUT2D eigenvalue weighted by Crippen LogP contribution is 2.20. The fourth-order valence-corrected chi connectivity index (χ4v) is 3.82. The van der Waals surface area contributed by atoms with Crippen LogP contribution in [-0.4, -0.2) is 38.2 Å². The SMILES string of the molecule is CCCOC(OCCCc1cccc2ccccc12)[C@H](C)CS(=O)(=O)O. The smallest absolute Gasteiger partial charge is 0.265 e. The van der Waals surface area contributed by atoms with E-state index in [0.717, 1.165) is 19.3 Å². The van der Waals surface area contributed by atoms with E-state index in [1.165, 1.54) is 16.3 Å². The van der Waals surface area contributed by atoms with Crippen molar-refractivity contribution in [2.75, 3.05) is 19.0 Å². The van der Waals surface area contributed by atoms with Crippen LogP contribution in [0.2, 0.25) is 0 Å². The highest BCUT2D eigenvalue weighted by molar-refractivity contribution is 7.85. The standard InChI is InChI=1S/C20H28O5S/c1-3-13-24-20(16(2)15-26(21,22)23)25-14-7-11-18-10-6-9-17-8-4-5-12-19(17)18/h4-6,8-10,12,16,20H,3,7,11,13-15H2,1-2H3,(H,21,22,23)/t16-,20?/m1/s1. The molecular formula is C20H28O5S. The molecule has 0 saturated heterocycles. The summed E-state index contributed by atoms with van der Waals surface area (Å²) in [7, 11) is -4.05. The molecule has 144 valence electrons. The van der Waals surface area contributed by atoms with Crippen LogP contribution >= 0.6 is 0 Å². The zero-order valence-corrected chi connectivity index (χ0v) is 16.2. The van der Waals surface area contributed by atoms with Gasteiger partial charge < -0.3 is 9.47 Å². The Balaban J connectivity index is 1.90. The summed E-state index contributed by atoms with van der Waals surface area (Å²) in [6.07, 6.45) is 1.85. The van der Waals surface area contributed by atoms with Gasteiger partial charge in [0.15, 0.2) is 6.29 Å². The average Bonchev–Trinajstić information content (AvgIpc) is 2.59. The molecule has 0 saturated carbocycles. The average molecular weight is 381 g/mol. The Kier molecular flexibility index (Phi) is 8.03. The molecule has 0 aliphatic rings. The maximum absolute atomic E-state index is 11.1. The van der Waals surface area contributed by atoms with Crippen LogP contribution in [0, 0.1) is 5.92 Å². The van der Waals surface area contributed by atoms with E-state index in [9.17, 15) is 8.42 Å². The monoisotopic (exact) mass is 380 g/mol. The van der Waals surface area contributed by atoms with E-state index in [1.54, 1.807) is 6.92 Å². The molecule has 2 atom stereocenters. The lowest BCUT2D eigenvalue weighted by Crippen LogP contribution is -2.31. The third kappa shape index (κ3) is 6.68. The number of fused-ring (bicyclic) bond motifs is 1. The summed E-state index contributed by atoms with van der Waals surface area (Å²) in [4.78, 5) is 0. The van der Waals surface area contributed by atoms with Gasteiger partial charge in [-0.05, 0) is 35.6 Å². The highest BCUT2D eigenvalue weighted by atomic mass is 32.2. The second kappa shape index (κ2) is 10.0. The predicted molar refractivity (Wildman–Crippen MR) is 104 cm³/mol. The van der Waals surface area contributed by atoms with Crippen molar-refractivity contribution in [2.24, 2.45) is 5.92 Å². The van der Waals surface area contributed by atoms with E-state index in [-0.39, 0.29) is 5.75 Å². The van der Waals surface area contributed by atoms with Crippen molar-refractivity contribution < 1.29 is 22.4 Å². The molecule has 0 aromatic heterocycles. The molecule has 6 heteroatoms. The first-order valence-corrected chi connectivity index (χ1v) is 10.7. The highest BCUT2D eigenvalue weighted by Gasteiger charge is 2.23. The summed E-state index contributed by atoms with van der Waals surface area (Å²) in [6, 6.07) is 14.6. The zero-order valence-electron chi connectivity index (χ0n) is 15.4. The summed E-state index contributed by atoms with van der Waals surface area (Å²) in [5.74, 6) is -0.806. The molecule has 26 heavy (non-hydrogen) atoms. The van der Waals surface area contributed by atoms with Crippen LogP contribution in [0.3, 0.4) is 0 Å². The third-order valence-electron chi connectivity index (χ3n) is 4.18. The van der Waals surface area contributed by atoms with Gasteiger partial charge in [-0.25, -0.2) is 0 Å². The van der Waals surface area contributed by atoms with E-state index in [4.69, 9.17) is 14.0 Å². The Labute approximate surface area is 156 Å². The summed E-state index contributed by atoms with van der Waals surface area (Å²) in [5, 5.41) is 2.46. The summed E-state index contributed by atoms with van der Waals surface area (Å²) in [5.41, 5.74) is 1.27. The van der Waals surface area contributed by atoms with Gasteiger partial charge in [0, 0.05) is 12.5 Å². The lowest BCUT2D eigenvalue weighted by atomic mass is 10.0. The first kappa shape index (κ1) is 20.8. The minimum absolute atomic E-state index is 0.370. The van der Waals surface area contributed by atoms with Gasteiger partial charge in [0.2, 0.25) is 0 Å². The van der Waals surface area contributed by atoms with Gasteiger partial charge in [-0.15, -0.1) is 0 Å². The topological polar surface area (TPSA) is 72.8 Å². The molecule has 2 rings (SSSR count). The van der Waals surface area contributed by atoms with Crippen molar-refractivity contribution in [3.05, 3.63) is 48.0 Å². The van der Waals surface area contributed by atoms with Gasteiger partial charge in [-0.1, -0.05) is 56.3 Å². The van der Waals surface area contributed by atoms with Crippen molar-refractivity contribution in [1.82, 2.24) is 0 Å². The predicted octanol–water partition coefficient (Wildman–Crippen LogP) is 4.07. The van der Waals surface area contributed by atoms with Gasteiger partial charge in [0.05, 0.1) is 12.4 Å². The van der Waals surface area contributed by atoms with E-state index in [1.807, 2.05) is 19.1 Å². The lowest BCUT2D eigenvalue weighted by molar-refractivity contribution is -0.165. The van der Waals surface area contributed by atoms with Crippen LogP contribution < -0.4 is 0 Å². The Hall–Kier alpha value is -1.47. The van der Waals surface area contributed by atoms with Crippen LogP contribution in [0.1, 0.15) is 32.3 Å². The Morgan fingerprint density at radius 2 is 1.73 bits per heavy atom. The molecule has 0 heterocycles. The maximum atomic E-state index is 11.1. The van der Waals surface area contributed by atoms with Crippen LogP contribution in [0.15, 0.2) is 42.5 Å². The Morgan fingerprint density at radius 1 is 1.04 bits per heavy atom. The van der Waals surface area contributed by atoms with Crippen molar-refractivity contribution >= 4 is 20.9 Å². The first-order valence-electron chi connectivity index (χ1n) is 9.05. The normalized spacial score (nSPS) is 14.4. The molecule has 0 aliphatic carbocycles. The minimum atomic E-state index is -4.05. The van der Waals surface area contributed by atoms with Gasteiger partial charge in [-0.2, -0.15) is 8.42 Å². The quantitative estimate of drug-likeness (QED) is 0.361. The fraction of sp³-hybridized carbons (Fsp3) is 0.500. The molecule has 0 radical (unpaired) electrons. The van der Waals surface area contributed by atoms with Crippen LogP contribution in [0.5, 0.6) is 0 Å².